The fraction of sp³-hybridized carbons (Fsp3) is 0.188. The van der Waals surface area contributed by atoms with E-state index < -0.39 is 0 Å². The maximum atomic E-state index is 12.2. The Bertz CT molecular complexity index is 856. The van der Waals surface area contributed by atoms with E-state index in [0.29, 0.717) is 23.0 Å². The van der Waals surface area contributed by atoms with Gasteiger partial charge < -0.3 is 5.32 Å². The Balaban J connectivity index is 1.77. The third-order valence-electron chi connectivity index (χ3n) is 3.46. The second-order valence-corrected chi connectivity index (χ2v) is 5.58. The SMILES string of the molecule is Cc1ccc(C)c(CNC(=O)c2cn3nc(Cl)ccc3n2)c1. The van der Waals surface area contributed by atoms with Gasteiger partial charge in [0.15, 0.2) is 5.65 Å². The summed E-state index contributed by atoms with van der Waals surface area (Å²) in [6, 6.07) is 9.53. The first-order valence-corrected chi connectivity index (χ1v) is 7.27. The lowest BCUT2D eigenvalue weighted by Gasteiger charge is -2.08. The van der Waals surface area contributed by atoms with Gasteiger partial charge in [-0.2, -0.15) is 5.10 Å². The molecule has 0 unspecified atom stereocenters. The third-order valence-corrected chi connectivity index (χ3v) is 3.67. The average Bonchev–Trinajstić information content (AvgIpc) is 2.91. The van der Waals surface area contributed by atoms with Crippen LogP contribution in [0.1, 0.15) is 27.2 Å². The van der Waals surface area contributed by atoms with E-state index in [1.165, 1.54) is 10.1 Å². The number of imidazole rings is 1. The van der Waals surface area contributed by atoms with E-state index in [1.54, 1.807) is 18.3 Å². The van der Waals surface area contributed by atoms with Gasteiger partial charge in [0.25, 0.3) is 5.91 Å². The molecule has 0 saturated carbocycles. The van der Waals surface area contributed by atoms with Crippen LogP contribution in [-0.2, 0) is 6.54 Å². The van der Waals surface area contributed by atoms with Crippen LogP contribution in [0, 0.1) is 13.8 Å². The van der Waals surface area contributed by atoms with Crippen molar-refractivity contribution in [2.45, 2.75) is 20.4 Å². The quantitative estimate of drug-likeness (QED) is 0.808. The molecule has 0 bridgehead atoms. The number of nitrogens with one attached hydrogen (secondary N) is 1. The van der Waals surface area contributed by atoms with Gasteiger partial charge in [-0.05, 0) is 37.1 Å². The molecule has 6 heteroatoms. The number of carbonyl (C=O) groups excluding carboxylic acids is 1. The van der Waals surface area contributed by atoms with Crippen molar-refractivity contribution in [1.82, 2.24) is 19.9 Å². The zero-order valence-corrected chi connectivity index (χ0v) is 13.1. The number of halogens is 1. The van der Waals surface area contributed by atoms with Gasteiger partial charge in [0.1, 0.15) is 10.8 Å². The molecule has 0 aliphatic heterocycles. The molecule has 112 valence electrons. The maximum absolute atomic E-state index is 12.2. The standard InChI is InChI=1S/C16H15ClN4O/c1-10-3-4-11(2)12(7-10)8-18-16(22)13-9-21-15(19-13)6-5-14(17)20-21/h3-7,9H,8H2,1-2H3,(H,18,22). The second-order valence-electron chi connectivity index (χ2n) is 5.20. The van der Waals surface area contributed by atoms with Crippen molar-refractivity contribution >= 4 is 23.2 Å². The summed E-state index contributed by atoms with van der Waals surface area (Å²) in [6.45, 7) is 4.52. The average molecular weight is 315 g/mol. The van der Waals surface area contributed by atoms with Crippen LogP contribution in [0.25, 0.3) is 5.65 Å². The highest BCUT2D eigenvalue weighted by atomic mass is 35.5. The molecule has 2 aromatic heterocycles. The molecule has 22 heavy (non-hydrogen) atoms. The van der Waals surface area contributed by atoms with Crippen LogP contribution >= 0.6 is 11.6 Å². The minimum absolute atomic E-state index is 0.234. The maximum Gasteiger partial charge on any atom is 0.271 e. The smallest absolute Gasteiger partial charge is 0.271 e. The van der Waals surface area contributed by atoms with E-state index in [9.17, 15) is 4.79 Å². The monoisotopic (exact) mass is 314 g/mol. The number of fused-ring (bicyclic) bond motifs is 1. The van der Waals surface area contributed by atoms with Crippen LogP contribution in [-0.4, -0.2) is 20.5 Å². The van der Waals surface area contributed by atoms with Gasteiger partial charge in [-0.3, -0.25) is 4.79 Å². The molecule has 1 N–H and O–H groups in total. The number of aromatic nitrogens is 3. The second kappa shape index (κ2) is 5.77. The zero-order chi connectivity index (χ0) is 15.7. The zero-order valence-electron chi connectivity index (χ0n) is 12.3. The van der Waals surface area contributed by atoms with Gasteiger partial charge in [0.05, 0.1) is 6.20 Å². The van der Waals surface area contributed by atoms with Crippen LogP contribution in [0.15, 0.2) is 36.5 Å². The highest BCUT2D eigenvalue weighted by Gasteiger charge is 2.11. The molecule has 5 nitrogen and oxygen atoms in total. The topological polar surface area (TPSA) is 59.3 Å². The molecule has 0 radical (unpaired) electrons. The van der Waals surface area contributed by atoms with Crippen molar-refractivity contribution in [1.29, 1.82) is 0 Å². The van der Waals surface area contributed by atoms with Crippen molar-refractivity contribution in [2.75, 3.05) is 0 Å². The molecule has 0 aliphatic rings. The minimum atomic E-state index is -0.234. The molecule has 0 saturated heterocycles. The third kappa shape index (κ3) is 2.94. The van der Waals surface area contributed by atoms with E-state index in [4.69, 9.17) is 11.6 Å². The molecule has 1 amide bonds. The summed E-state index contributed by atoms with van der Waals surface area (Å²) < 4.78 is 1.50. The molecule has 0 spiro atoms. The van der Waals surface area contributed by atoms with E-state index in [-0.39, 0.29) is 5.91 Å². The van der Waals surface area contributed by atoms with E-state index >= 15 is 0 Å². The number of nitrogens with zero attached hydrogens (tertiary/aromatic N) is 3. The lowest BCUT2D eigenvalue weighted by atomic mass is 10.1. The van der Waals surface area contributed by atoms with E-state index in [0.717, 1.165) is 11.1 Å². The summed E-state index contributed by atoms with van der Waals surface area (Å²) in [6.07, 6.45) is 1.57. The van der Waals surface area contributed by atoms with Gasteiger partial charge in [-0.25, -0.2) is 9.50 Å². The van der Waals surface area contributed by atoms with Crippen molar-refractivity contribution in [2.24, 2.45) is 0 Å². The van der Waals surface area contributed by atoms with E-state index in [2.05, 4.69) is 27.5 Å². The minimum Gasteiger partial charge on any atom is -0.347 e. The summed E-state index contributed by atoms with van der Waals surface area (Å²) in [5.74, 6) is -0.234. The van der Waals surface area contributed by atoms with Crippen molar-refractivity contribution in [3.05, 3.63) is 64.1 Å². The number of carbonyl (C=O) groups is 1. The molecule has 0 fully saturated rings. The molecule has 0 atom stereocenters. The molecule has 3 rings (SSSR count). The molecule has 1 aromatic carbocycles. The van der Waals surface area contributed by atoms with Crippen LogP contribution in [0.3, 0.4) is 0 Å². The van der Waals surface area contributed by atoms with Crippen molar-refractivity contribution in [3.63, 3.8) is 0 Å². The Labute approximate surface area is 132 Å². The number of aryl methyl sites for hydroxylation is 2. The number of hydrogen-bond donors (Lipinski definition) is 1. The highest BCUT2D eigenvalue weighted by molar-refractivity contribution is 6.29. The largest absolute Gasteiger partial charge is 0.347 e. The summed E-state index contributed by atoms with van der Waals surface area (Å²) in [7, 11) is 0. The lowest BCUT2D eigenvalue weighted by molar-refractivity contribution is 0.0946. The fourth-order valence-electron chi connectivity index (χ4n) is 2.22. The highest BCUT2D eigenvalue weighted by Crippen LogP contribution is 2.11. The number of benzene rings is 1. The van der Waals surface area contributed by atoms with Crippen molar-refractivity contribution < 1.29 is 4.79 Å². The fourth-order valence-corrected chi connectivity index (χ4v) is 2.37. The van der Waals surface area contributed by atoms with Gasteiger partial charge in [-0.15, -0.1) is 0 Å². The Kier molecular flexibility index (Phi) is 3.81. The summed E-state index contributed by atoms with van der Waals surface area (Å²) in [4.78, 5) is 16.5. The summed E-state index contributed by atoms with van der Waals surface area (Å²) in [5, 5.41) is 7.30. The van der Waals surface area contributed by atoms with E-state index in [1.807, 2.05) is 19.9 Å². The van der Waals surface area contributed by atoms with Crippen LogP contribution in [0.5, 0.6) is 0 Å². The predicted molar refractivity (Wildman–Crippen MR) is 85.1 cm³/mol. The Morgan fingerprint density at radius 3 is 2.91 bits per heavy atom. The van der Waals surface area contributed by atoms with Crippen LogP contribution in [0.4, 0.5) is 0 Å². The first-order valence-electron chi connectivity index (χ1n) is 6.89. The van der Waals surface area contributed by atoms with Crippen LogP contribution in [0.2, 0.25) is 5.15 Å². The van der Waals surface area contributed by atoms with Gasteiger partial charge in [0, 0.05) is 6.54 Å². The molecule has 0 aliphatic carbocycles. The predicted octanol–water partition coefficient (Wildman–Crippen LogP) is 2.93. The van der Waals surface area contributed by atoms with Gasteiger partial charge in [-0.1, -0.05) is 35.4 Å². The van der Waals surface area contributed by atoms with Gasteiger partial charge >= 0.3 is 0 Å². The first kappa shape index (κ1) is 14.5. The summed E-state index contributed by atoms with van der Waals surface area (Å²) >= 11 is 5.82. The number of rotatable bonds is 3. The Morgan fingerprint density at radius 1 is 1.27 bits per heavy atom. The molecular weight excluding hydrogens is 300 g/mol. The Hall–Kier alpha value is -2.40. The normalized spacial score (nSPS) is 10.9. The first-order chi connectivity index (χ1) is 10.5. The number of amides is 1. The summed E-state index contributed by atoms with van der Waals surface area (Å²) in [5.41, 5.74) is 4.32. The molecule has 2 heterocycles. The molecular formula is C16H15ClN4O. The van der Waals surface area contributed by atoms with Crippen molar-refractivity contribution in [3.8, 4) is 0 Å². The van der Waals surface area contributed by atoms with Gasteiger partial charge in [0.2, 0.25) is 0 Å². The van der Waals surface area contributed by atoms with Crippen LogP contribution < -0.4 is 5.32 Å². The Morgan fingerprint density at radius 2 is 2.09 bits per heavy atom. The lowest BCUT2D eigenvalue weighted by Crippen LogP contribution is -2.23. The molecule has 3 aromatic rings. The number of hydrogen-bond acceptors (Lipinski definition) is 3.